The van der Waals surface area contributed by atoms with Crippen LogP contribution in [0, 0.1) is 0 Å². The lowest BCUT2D eigenvalue weighted by Crippen LogP contribution is -2.55. The molecule has 0 aliphatic carbocycles. The lowest BCUT2D eigenvalue weighted by molar-refractivity contribution is -0.232. The monoisotopic (exact) mass is 476 g/mol. The molecular formula is C24H25ClO6S. The molecule has 1 aliphatic heterocycles. The molecule has 4 rings (SSSR count). The molecule has 170 valence electrons. The van der Waals surface area contributed by atoms with E-state index in [9.17, 15) is 25.5 Å². The number of benzene rings is 2. The van der Waals surface area contributed by atoms with E-state index >= 15 is 0 Å². The van der Waals surface area contributed by atoms with Crippen LogP contribution in [0.25, 0.3) is 0 Å². The van der Waals surface area contributed by atoms with Crippen LogP contribution in [-0.2, 0) is 11.2 Å². The zero-order valence-electron chi connectivity index (χ0n) is 17.1. The summed E-state index contributed by atoms with van der Waals surface area (Å²) >= 11 is 8.17. The number of hydrogen-bond acceptors (Lipinski definition) is 7. The SMILES string of the molecule is OC[C@H]1O[C@@H](c2cc(C(Cc3ccccc3)c3cccs3)c(Cl)cc2O)[C@H](O)[C@@H](O)[C@@H]1O. The number of aliphatic hydroxyl groups is 4. The number of halogens is 1. The zero-order valence-corrected chi connectivity index (χ0v) is 18.7. The van der Waals surface area contributed by atoms with E-state index in [1.807, 2.05) is 47.8 Å². The lowest BCUT2D eigenvalue weighted by atomic mass is 9.86. The third-order valence-corrected chi connectivity index (χ3v) is 7.20. The van der Waals surface area contributed by atoms with Crippen molar-refractivity contribution in [3.8, 4) is 5.75 Å². The van der Waals surface area contributed by atoms with Crippen molar-refractivity contribution in [2.45, 2.75) is 42.9 Å². The highest BCUT2D eigenvalue weighted by Gasteiger charge is 2.45. The predicted molar refractivity (Wildman–Crippen MR) is 122 cm³/mol. The highest BCUT2D eigenvalue weighted by molar-refractivity contribution is 7.10. The molecule has 6 nitrogen and oxygen atoms in total. The van der Waals surface area contributed by atoms with E-state index in [0.717, 1.165) is 16.0 Å². The maximum atomic E-state index is 10.6. The maximum absolute atomic E-state index is 10.6. The molecule has 5 N–H and O–H groups in total. The third kappa shape index (κ3) is 4.56. The van der Waals surface area contributed by atoms with Gasteiger partial charge in [0.05, 0.1) is 6.61 Å². The van der Waals surface area contributed by atoms with Crippen molar-refractivity contribution in [2.75, 3.05) is 6.61 Å². The van der Waals surface area contributed by atoms with Gasteiger partial charge in [-0.2, -0.15) is 0 Å². The first-order valence-corrected chi connectivity index (χ1v) is 11.6. The van der Waals surface area contributed by atoms with Gasteiger partial charge >= 0.3 is 0 Å². The van der Waals surface area contributed by atoms with Crippen LogP contribution in [0.1, 0.15) is 33.6 Å². The van der Waals surface area contributed by atoms with Crippen LogP contribution in [0.15, 0.2) is 60.0 Å². The Hall–Kier alpha value is -1.97. The first-order valence-electron chi connectivity index (χ1n) is 10.3. The minimum absolute atomic E-state index is 0.117. The van der Waals surface area contributed by atoms with Crippen molar-refractivity contribution in [1.82, 2.24) is 0 Å². The zero-order chi connectivity index (χ0) is 22.8. The highest BCUT2D eigenvalue weighted by Crippen LogP contribution is 2.43. The summed E-state index contributed by atoms with van der Waals surface area (Å²) in [7, 11) is 0. The molecule has 6 atom stereocenters. The fourth-order valence-corrected chi connectivity index (χ4v) is 5.29. The van der Waals surface area contributed by atoms with Gasteiger partial charge < -0.3 is 30.3 Å². The van der Waals surface area contributed by atoms with Gasteiger partial charge in [0.1, 0.15) is 36.3 Å². The van der Waals surface area contributed by atoms with Gasteiger partial charge in [0.25, 0.3) is 0 Å². The van der Waals surface area contributed by atoms with Crippen LogP contribution in [0.5, 0.6) is 5.75 Å². The first-order chi connectivity index (χ1) is 15.4. The standard InChI is InChI=1S/C24H25ClO6S/c25-17-11-18(27)16(24-23(30)22(29)21(28)19(12-26)31-24)10-14(17)15(20-7-4-8-32-20)9-13-5-2-1-3-6-13/h1-8,10-11,15,19,21-24,26-30H,9,12H2/t15?,19-,21-,22+,23-,24+/m1/s1. The minimum Gasteiger partial charge on any atom is -0.508 e. The van der Waals surface area contributed by atoms with Gasteiger partial charge in [0.2, 0.25) is 0 Å². The number of phenols is 1. The van der Waals surface area contributed by atoms with Gasteiger partial charge in [-0.3, -0.25) is 0 Å². The smallest absolute Gasteiger partial charge is 0.122 e. The molecule has 1 aromatic heterocycles. The average molecular weight is 477 g/mol. The minimum atomic E-state index is -1.54. The fourth-order valence-electron chi connectivity index (χ4n) is 4.15. The molecule has 1 unspecified atom stereocenters. The largest absolute Gasteiger partial charge is 0.508 e. The molecule has 2 heterocycles. The summed E-state index contributed by atoms with van der Waals surface area (Å²) in [6.45, 7) is -0.547. The van der Waals surface area contributed by atoms with E-state index in [1.54, 1.807) is 17.4 Å². The number of thiophene rings is 1. The molecule has 0 saturated carbocycles. The van der Waals surface area contributed by atoms with Crippen LogP contribution in [0.4, 0.5) is 0 Å². The normalized spacial score (nSPS) is 26.7. The second kappa shape index (κ2) is 9.89. The van der Waals surface area contributed by atoms with E-state index < -0.39 is 37.1 Å². The summed E-state index contributed by atoms with van der Waals surface area (Å²) in [5.74, 6) is -0.318. The van der Waals surface area contributed by atoms with E-state index in [2.05, 4.69) is 0 Å². The summed E-state index contributed by atoms with van der Waals surface area (Å²) in [6, 6.07) is 17.0. The molecule has 0 amide bonds. The number of aromatic hydroxyl groups is 1. The van der Waals surface area contributed by atoms with Crippen molar-refractivity contribution >= 4 is 22.9 Å². The van der Waals surface area contributed by atoms with Gasteiger partial charge in [-0.1, -0.05) is 48.0 Å². The Morgan fingerprint density at radius 1 is 0.969 bits per heavy atom. The Labute approximate surface area is 194 Å². The summed E-state index contributed by atoms with van der Waals surface area (Å²) < 4.78 is 5.67. The van der Waals surface area contributed by atoms with Crippen LogP contribution in [0.2, 0.25) is 5.02 Å². The quantitative estimate of drug-likeness (QED) is 0.374. The Bertz CT molecular complexity index is 1030. The van der Waals surface area contributed by atoms with Crippen LogP contribution >= 0.6 is 22.9 Å². The van der Waals surface area contributed by atoms with Crippen molar-refractivity contribution in [3.63, 3.8) is 0 Å². The number of ether oxygens (including phenoxy) is 1. The molecule has 0 bridgehead atoms. The van der Waals surface area contributed by atoms with Crippen molar-refractivity contribution in [2.24, 2.45) is 0 Å². The summed E-state index contributed by atoms with van der Waals surface area (Å²) in [6.07, 6.45) is -6.07. The fraction of sp³-hybridized carbons (Fsp3) is 0.333. The number of rotatable bonds is 6. The number of aliphatic hydroxyl groups excluding tert-OH is 4. The second-order valence-corrected chi connectivity index (χ2v) is 9.33. The predicted octanol–water partition coefficient (Wildman–Crippen LogP) is 3.00. The molecule has 8 heteroatoms. The van der Waals surface area contributed by atoms with Crippen molar-refractivity contribution in [1.29, 1.82) is 0 Å². The van der Waals surface area contributed by atoms with Gasteiger partial charge in [-0.25, -0.2) is 0 Å². The molecule has 1 saturated heterocycles. The Kier molecular flexibility index (Phi) is 7.17. The van der Waals surface area contributed by atoms with Crippen molar-refractivity contribution < 1.29 is 30.3 Å². The topological polar surface area (TPSA) is 110 Å². The molecule has 3 aromatic rings. The lowest BCUT2D eigenvalue weighted by Gasteiger charge is -2.40. The maximum Gasteiger partial charge on any atom is 0.122 e. The summed E-state index contributed by atoms with van der Waals surface area (Å²) in [5, 5.41) is 53.3. The second-order valence-electron chi connectivity index (χ2n) is 7.94. The first kappa shape index (κ1) is 23.2. The highest BCUT2D eigenvalue weighted by atomic mass is 35.5. The van der Waals surface area contributed by atoms with E-state index in [4.69, 9.17) is 16.3 Å². The Balaban J connectivity index is 1.76. The van der Waals surface area contributed by atoms with Crippen molar-refractivity contribution in [3.05, 3.63) is 86.6 Å². The van der Waals surface area contributed by atoms with Gasteiger partial charge in [0, 0.05) is 21.4 Å². The van der Waals surface area contributed by atoms with E-state index in [-0.39, 0.29) is 17.2 Å². The summed E-state index contributed by atoms with van der Waals surface area (Å²) in [5.41, 5.74) is 2.09. The molecule has 1 fully saturated rings. The van der Waals surface area contributed by atoms with Gasteiger partial charge in [-0.05, 0) is 41.1 Å². The molecule has 1 aliphatic rings. The molecule has 0 radical (unpaired) electrons. The van der Waals surface area contributed by atoms with Crippen LogP contribution in [-0.4, -0.2) is 56.6 Å². The van der Waals surface area contributed by atoms with Gasteiger partial charge in [-0.15, -0.1) is 11.3 Å². The Morgan fingerprint density at radius 3 is 2.38 bits per heavy atom. The number of phenolic OH excluding ortho intramolecular Hbond substituents is 1. The van der Waals surface area contributed by atoms with E-state index in [1.165, 1.54) is 6.07 Å². The van der Waals surface area contributed by atoms with Crippen LogP contribution in [0.3, 0.4) is 0 Å². The van der Waals surface area contributed by atoms with Crippen LogP contribution < -0.4 is 0 Å². The summed E-state index contributed by atoms with van der Waals surface area (Å²) in [4.78, 5) is 1.08. The number of hydrogen-bond donors (Lipinski definition) is 5. The average Bonchev–Trinajstić information content (AvgIpc) is 3.33. The molecular weight excluding hydrogens is 452 g/mol. The third-order valence-electron chi connectivity index (χ3n) is 5.89. The molecule has 2 aromatic carbocycles. The van der Waals surface area contributed by atoms with Gasteiger partial charge in [0.15, 0.2) is 0 Å². The van der Waals surface area contributed by atoms with E-state index in [0.29, 0.717) is 11.4 Å². The Morgan fingerprint density at radius 2 is 1.72 bits per heavy atom. The molecule has 32 heavy (non-hydrogen) atoms. The molecule has 0 spiro atoms.